The molecule has 1 saturated carbocycles. The maximum absolute atomic E-state index is 15.2. The van der Waals surface area contributed by atoms with Crippen LogP contribution in [0, 0.1) is 17.1 Å². The maximum Gasteiger partial charge on any atom is 0.265 e. The number of rotatable bonds is 8. The van der Waals surface area contributed by atoms with E-state index in [2.05, 4.69) is 15.0 Å². The smallest absolute Gasteiger partial charge is 0.265 e. The third kappa shape index (κ3) is 4.97. The molecule has 5 N–H and O–H groups in total. The van der Waals surface area contributed by atoms with Crippen LogP contribution in [0.15, 0.2) is 59.7 Å². The van der Waals surface area contributed by atoms with Crippen molar-refractivity contribution >= 4 is 22.6 Å². The van der Waals surface area contributed by atoms with Crippen molar-refractivity contribution < 1.29 is 14.3 Å². The molecule has 210 valence electrons. The van der Waals surface area contributed by atoms with Gasteiger partial charge in [-0.1, -0.05) is 18.2 Å². The molecule has 0 radical (unpaired) electrons. The number of aliphatic hydroxyl groups excluding tert-OH is 1. The summed E-state index contributed by atoms with van der Waals surface area (Å²) < 4.78 is 17.9. The highest BCUT2D eigenvalue weighted by atomic mass is 19.1. The SMILES string of the molecule is N#Cc1cc(Cc2nc(N)nc(-c3cccc(-n4ccc5cc(C6CC6)cc(F)c5c4=O)c3CO)n2)cn1CC(N)=O. The number of benzene rings is 2. The number of nitrogen functional groups attached to an aromatic ring is 1. The average Bonchev–Trinajstić information content (AvgIpc) is 3.74. The van der Waals surface area contributed by atoms with E-state index in [1.807, 2.05) is 12.1 Å². The van der Waals surface area contributed by atoms with Crippen LogP contribution in [0.4, 0.5) is 10.3 Å². The van der Waals surface area contributed by atoms with Crippen LogP contribution >= 0.6 is 0 Å². The highest BCUT2D eigenvalue weighted by Crippen LogP contribution is 2.41. The molecular formula is C30H25FN8O3. The van der Waals surface area contributed by atoms with E-state index < -0.39 is 23.9 Å². The minimum atomic E-state index is -0.590. The molecule has 2 aromatic carbocycles. The number of carbonyl (C=O) groups excluding carboxylic acids is 1. The van der Waals surface area contributed by atoms with Gasteiger partial charge in [0.2, 0.25) is 11.9 Å². The third-order valence-corrected chi connectivity index (χ3v) is 7.29. The van der Waals surface area contributed by atoms with Gasteiger partial charge in [-0.3, -0.25) is 14.2 Å². The number of aliphatic hydroxyl groups is 1. The molecule has 0 atom stereocenters. The fourth-order valence-electron chi connectivity index (χ4n) is 5.25. The lowest BCUT2D eigenvalue weighted by atomic mass is 10.0. The second-order valence-electron chi connectivity index (χ2n) is 10.2. The number of carbonyl (C=O) groups is 1. The number of nitrogens with two attached hydrogens (primary N) is 2. The van der Waals surface area contributed by atoms with Crippen molar-refractivity contribution in [1.82, 2.24) is 24.1 Å². The molecule has 1 aliphatic rings. The van der Waals surface area contributed by atoms with Gasteiger partial charge in [-0.2, -0.15) is 15.2 Å². The van der Waals surface area contributed by atoms with Gasteiger partial charge in [0, 0.05) is 29.9 Å². The van der Waals surface area contributed by atoms with Crippen molar-refractivity contribution in [2.75, 3.05) is 5.73 Å². The molecule has 0 unspecified atom stereocenters. The number of primary amides is 1. The molecule has 3 heterocycles. The standard InChI is InChI=1S/C30H25FN8O3/c31-23-11-19(17-4-5-17)10-18-6-7-39(29(42)27(18)23)24-3-1-2-21(22(24)15-40)28-35-26(36-30(34)37-28)9-16-8-20(12-32)38(13-16)14-25(33)41/h1-3,6-8,10-11,13,17,40H,4-5,9,14-15H2,(H2,33,41)(H2,34,35,36,37). The van der Waals surface area contributed by atoms with Crippen molar-refractivity contribution in [3.63, 3.8) is 0 Å². The predicted molar refractivity (Wildman–Crippen MR) is 152 cm³/mol. The molecule has 42 heavy (non-hydrogen) atoms. The second kappa shape index (κ2) is 10.5. The number of aromatic nitrogens is 5. The largest absolute Gasteiger partial charge is 0.392 e. The van der Waals surface area contributed by atoms with E-state index in [0.29, 0.717) is 33.7 Å². The van der Waals surface area contributed by atoms with Gasteiger partial charge in [0.1, 0.15) is 29.9 Å². The molecule has 12 heteroatoms. The summed E-state index contributed by atoms with van der Waals surface area (Å²) in [5, 5.41) is 20.3. The Morgan fingerprint density at radius 2 is 1.98 bits per heavy atom. The van der Waals surface area contributed by atoms with Crippen molar-refractivity contribution in [2.45, 2.75) is 38.3 Å². The zero-order chi connectivity index (χ0) is 29.5. The fraction of sp³-hybridized carbons (Fsp3) is 0.200. The number of anilines is 1. The van der Waals surface area contributed by atoms with E-state index in [9.17, 15) is 20.0 Å². The number of hydrogen-bond donors (Lipinski definition) is 3. The van der Waals surface area contributed by atoms with Crippen LogP contribution in [0.5, 0.6) is 0 Å². The average molecular weight is 565 g/mol. The van der Waals surface area contributed by atoms with Crippen LogP contribution in [0.2, 0.25) is 0 Å². The van der Waals surface area contributed by atoms with Crippen LogP contribution in [0.3, 0.4) is 0 Å². The van der Waals surface area contributed by atoms with Crippen LogP contribution in [-0.2, 0) is 24.4 Å². The topological polar surface area (TPSA) is 179 Å². The quantitative estimate of drug-likeness (QED) is 0.257. The number of fused-ring (bicyclic) bond motifs is 1. The summed E-state index contributed by atoms with van der Waals surface area (Å²) in [6.45, 7) is -0.624. The molecule has 1 amide bonds. The highest BCUT2D eigenvalue weighted by molar-refractivity contribution is 5.83. The molecule has 5 aromatic rings. The number of amides is 1. The molecule has 3 aromatic heterocycles. The van der Waals surface area contributed by atoms with Gasteiger partial charge in [0.15, 0.2) is 5.82 Å². The van der Waals surface area contributed by atoms with E-state index in [4.69, 9.17) is 11.5 Å². The molecule has 11 nitrogen and oxygen atoms in total. The van der Waals surface area contributed by atoms with Gasteiger partial charge in [-0.05, 0) is 59.5 Å². The maximum atomic E-state index is 15.2. The van der Waals surface area contributed by atoms with Gasteiger partial charge in [0.25, 0.3) is 5.56 Å². The van der Waals surface area contributed by atoms with Gasteiger partial charge < -0.3 is 21.1 Å². The van der Waals surface area contributed by atoms with Crippen LogP contribution in [0.25, 0.3) is 27.8 Å². The first-order valence-corrected chi connectivity index (χ1v) is 13.2. The Morgan fingerprint density at radius 3 is 2.69 bits per heavy atom. The van der Waals surface area contributed by atoms with Gasteiger partial charge in [-0.25, -0.2) is 9.37 Å². The lowest BCUT2D eigenvalue weighted by molar-refractivity contribution is -0.118. The van der Waals surface area contributed by atoms with Crippen molar-refractivity contribution in [1.29, 1.82) is 5.26 Å². The molecule has 1 fully saturated rings. The van der Waals surface area contributed by atoms with E-state index in [0.717, 1.165) is 18.4 Å². The van der Waals surface area contributed by atoms with Crippen LogP contribution in [-0.4, -0.2) is 35.1 Å². The summed E-state index contributed by atoms with van der Waals surface area (Å²) in [5.74, 6) is -0.455. The molecule has 0 saturated heterocycles. The number of nitriles is 1. The van der Waals surface area contributed by atoms with Crippen molar-refractivity contribution in [2.24, 2.45) is 5.73 Å². The first-order valence-electron chi connectivity index (χ1n) is 13.2. The van der Waals surface area contributed by atoms with Crippen LogP contribution < -0.4 is 17.0 Å². The summed E-state index contributed by atoms with van der Waals surface area (Å²) in [5.41, 5.74) is 13.6. The molecular weight excluding hydrogens is 539 g/mol. The first kappa shape index (κ1) is 26.8. The Bertz CT molecular complexity index is 1990. The van der Waals surface area contributed by atoms with Gasteiger partial charge >= 0.3 is 0 Å². The Morgan fingerprint density at radius 1 is 1.17 bits per heavy atom. The monoisotopic (exact) mass is 564 g/mol. The van der Waals surface area contributed by atoms with E-state index in [-0.39, 0.29) is 41.6 Å². The normalized spacial score (nSPS) is 12.9. The zero-order valence-electron chi connectivity index (χ0n) is 22.3. The minimum Gasteiger partial charge on any atom is -0.392 e. The predicted octanol–water partition coefficient (Wildman–Crippen LogP) is 2.68. The van der Waals surface area contributed by atoms with Crippen molar-refractivity contribution in [3.05, 3.63) is 99.2 Å². The lowest BCUT2D eigenvalue weighted by Crippen LogP contribution is -2.20. The molecule has 0 aliphatic heterocycles. The molecule has 0 spiro atoms. The van der Waals surface area contributed by atoms with E-state index in [1.54, 1.807) is 42.7 Å². The second-order valence-corrected chi connectivity index (χ2v) is 10.2. The summed E-state index contributed by atoms with van der Waals surface area (Å²) in [7, 11) is 0. The highest BCUT2D eigenvalue weighted by Gasteiger charge is 2.25. The Hall–Kier alpha value is -5.41. The van der Waals surface area contributed by atoms with Crippen molar-refractivity contribution in [3.8, 4) is 23.1 Å². The summed E-state index contributed by atoms with van der Waals surface area (Å²) >= 11 is 0. The molecule has 1 aliphatic carbocycles. The summed E-state index contributed by atoms with van der Waals surface area (Å²) in [6, 6.07) is 13.6. The minimum absolute atomic E-state index is 0.0251. The molecule has 0 bridgehead atoms. The van der Waals surface area contributed by atoms with Crippen LogP contribution in [0.1, 0.15) is 47.0 Å². The van der Waals surface area contributed by atoms with Gasteiger partial charge in [-0.15, -0.1) is 0 Å². The number of hydrogen-bond acceptors (Lipinski definition) is 8. The Balaban J connectivity index is 1.40. The number of halogens is 1. The summed E-state index contributed by atoms with van der Waals surface area (Å²) in [6.07, 6.45) is 5.37. The Labute approximate surface area is 238 Å². The number of nitrogens with zero attached hydrogens (tertiary/aromatic N) is 6. The van der Waals surface area contributed by atoms with Gasteiger partial charge in [0.05, 0.1) is 17.7 Å². The van der Waals surface area contributed by atoms with E-state index >= 15 is 4.39 Å². The summed E-state index contributed by atoms with van der Waals surface area (Å²) in [4.78, 5) is 37.9. The first-order chi connectivity index (χ1) is 20.2. The molecule has 6 rings (SSSR count). The fourth-order valence-corrected chi connectivity index (χ4v) is 5.25. The zero-order valence-corrected chi connectivity index (χ0v) is 22.3. The lowest BCUT2D eigenvalue weighted by Gasteiger charge is -2.16. The Kier molecular flexibility index (Phi) is 6.72. The number of pyridine rings is 1. The van der Waals surface area contributed by atoms with E-state index in [1.165, 1.54) is 15.2 Å². The third-order valence-electron chi connectivity index (χ3n) is 7.29.